The van der Waals surface area contributed by atoms with Crippen LogP contribution < -0.4 is 25.6 Å². The fourth-order valence-corrected chi connectivity index (χ4v) is 9.29. The molecule has 0 spiro atoms. The van der Waals surface area contributed by atoms with E-state index >= 15 is 0 Å². The summed E-state index contributed by atoms with van der Waals surface area (Å²) in [6.45, 7) is 6.13. The van der Waals surface area contributed by atoms with E-state index < -0.39 is 6.17 Å². The van der Waals surface area contributed by atoms with E-state index in [0.717, 1.165) is 79.4 Å². The highest BCUT2D eigenvalue weighted by Gasteiger charge is 2.49. The van der Waals surface area contributed by atoms with Crippen LogP contribution in [0.15, 0.2) is 12.1 Å². The number of nitrogens with one attached hydrogen (secondary N) is 1. The van der Waals surface area contributed by atoms with E-state index in [4.69, 9.17) is 20.4 Å². The monoisotopic (exact) mass is 606 g/mol. The van der Waals surface area contributed by atoms with Gasteiger partial charge in [0.15, 0.2) is 0 Å². The first kappa shape index (κ1) is 27.3. The van der Waals surface area contributed by atoms with E-state index in [2.05, 4.69) is 33.0 Å². The van der Waals surface area contributed by atoms with E-state index in [9.17, 15) is 14.0 Å². The van der Waals surface area contributed by atoms with E-state index in [0.29, 0.717) is 71.3 Å². The second-order valence-corrected chi connectivity index (χ2v) is 14.1. The average molecular weight is 607 g/mol. The molecular weight excluding hydrogens is 570 g/mol. The Labute approximate surface area is 253 Å². The molecule has 3 N–H and O–H groups in total. The molecule has 7 heterocycles. The van der Waals surface area contributed by atoms with E-state index in [1.165, 1.54) is 6.07 Å². The number of hydrogen-bond acceptors (Lipinski definition) is 10. The molecule has 0 amide bonds. The van der Waals surface area contributed by atoms with Gasteiger partial charge in [0.05, 0.1) is 28.0 Å². The lowest BCUT2D eigenvalue weighted by Crippen LogP contribution is -2.52. The summed E-state index contributed by atoms with van der Waals surface area (Å²) in [6, 6.07) is 6.68. The lowest BCUT2D eigenvalue weighted by Gasteiger charge is -2.40. The van der Waals surface area contributed by atoms with Gasteiger partial charge in [-0.15, -0.1) is 11.3 Å². The van der Waals surface area contributed by atoms with Crippen molar-refractivity contribution in [2.75, 3.05) is 48.3 Å². The first-order valence-corrected chi connectivity index (χ1v) is 16.2. The van der Waals surface area contributed by atoms with Crippen molar-refractivity contribution < 1.29 is 13.5 Å². The van der Waals surface area contributed by atoms with E-state index in [1.807, 2.05) is 0 Å². The van der Waals surface area contributed by atoms with Crippen LogP contribution in [-0.4, -0.2) is 77.5 Å². The normalized spacial score (nSPS) is 30.1. The molecule has 1 unspecified atom stereocenters. The summed E-state index contributed by atoms with van der Waals surface area (Å²) in [5.41, 5.74) is 8.96. The maximum atomic E-state index is 14.9. The van der Waals surface area contributed by atoms with Crippen LogP contribution in [0.3, 0.4) is 0 Å². The first-order valence-electron chi connectivity index (χ1n) is 15.4. The summed E-state index contributed by atoms with van der Waals surface area (Å²) in [6.07, 6.45) is 4.66. The van der Waals surface area contributed by atoms with Crippen LogP contribution in [0.1, 0.15) is 55.8 Å². The number of benzene rings is 1. The Morgan fingerprint density at radius 3 is 2.84 bits per heavy atom. The maximum absolute atomic E-state index is 14.9. The molecule has 3 aromatic rings. The minimum Gasteiger partial charge on any atom is -0.461 e. The van der Waals surface area contributed by atoms with Crippen LogP contribution in [0.2, 0.25) is 0 Å². The zero-order chi connectivity index (χ0) is 29.5. The number of nitrogen functional groups attached to an aromatic ring is 1. The zero-order valence-corrected chi connectivity index (χ0v) is 25.1. The van der Waals surface area contributed by atoms with Gasteiger partial charge in [-0.3, -0.25) is 4.90 Å². The molecule has 8 rings (SSSR count). The largest absolute Gasteiger partial charge is 0.461 e. The number of halogens is 2. The van der Waals surface area contributed by atoms with Crippen LogP contribution >= 0.6 is 11.3 Å². The fourth-order valence-electron chi connectivity index (χ4n) is 8.35. The molecular formula is C31H36F2N8OS. The SMILES string of the molecule is CC1Cc2c(nc(OC[C@@]34CCCN3C[C@H](F)C4)nc2N2C[C@H]3CC[C@@H](C2)N3)CN1c1ccc(F)c2sc(N)c(C#N)c12. The van der Waals surface area contributed by atoms with Crippen molar-refractivity contribution in [3.63, 3.8) is 0 Å². The molecule has 4 saturated heterocycles. The average Bonchev–Trinajstić information content (AvgIpc) is 3.72. The molecule has 1 aromatic carbocycles. The summed E-state index contributed by atoms with van der Waals surface area (Å²) in [7, 11) is 0. The van der Waals surface area contributed by atoms with Crippen molar-refractivity contribution in [3.8, 4) is 12.1 Å². The van der Waals surface area contributed by atoms with Crippen molar-refractivity contribution in [2.45, 2.75) is 81.8 Å². The Bertz CT molecular complexity index is 1630. The van der Waals surface area contributed by atoms with E-state index in [1.54, 1.807) is 6.07 Å². The summed E-state index contributed by atoms with van der Waals surface area (Å²) in [4.78, 5) is 16.9. The number of anilines is 3. The van der Waals surface area contributed by atoms with Gasteiger partial charge >= 0.3 is 6.01 Å². The maximum Gasteiger partial charge on any atom is 0.318 e. The molecule has 43 heavy (non-hydrogen) atoms. The summed E-state index contributed by atoms with van der Waals surface area (Å²) in [5, 5.41) is 14.5. The lowest BCUT2D eigenvalue weighted by molar-refractivity contribution is 0.107. The molecule has 0 aliphatic carbocycles. The molecule has 0 radical (unpaired) electrons. The van der Waals surface area contributed by atoms with Crippen molar-refractivity contribution >= 4 is 37.9 Å². The van der Waals surface area contributed by atoms with Crippen molar-refractivity contribution in [2.24, 2.45) is 0 Å². The van der Waals surface area contributed by atoms with E-state index in [-0.39, 0.29) is 17.4 Å². The molecule has 0 saturated carbocycles. The van der Waals surface area contributed by atoms with Gasteiger partial charge in [0.25, 0.3) is 0 Å². The zero-order valence-electron chi connectivity index (χ0n) is 24.3. The van der Waals surface area contributed by atoms with Crippen LogP contribution in [-0.2, 0) is 13.0 Å². The molecule has 5 atom stereocenters. The van der Waals surface area contributed by atoms with Crippen LogP contribution in [0.5, 0.6) is 6.01 Å². The number of nitrogens with zero attached hydrogens (tertiary/aromatic N) is 6. The van der Waals surface area contributed by atoms with Crippen LogP contribution in [0, 0.1) is 17.1 Å². The topological polar surface area (TPSA) is 107 Å². The van der Waals surface area contributed by atoms with Crippen molar-refractivity contribution in [1.29, 1.82) is 5.26 Å². The minimum absolute atomic E-state index is 0.0495. The second-order valence-electron chi connectivity index (χ2n) is 13.1. The Kier molecular flexibility index (Phi) is 6.44. The Morgan fingerprint density at radius 1 is 1.23 bits per heavy atom. The van der Waals surface area contributed by atoms with Crippen LogP contribution in [0.25, 0.3) is 10.1 Å². The van der Waals surface area contributed by atoms with Crippen LogP contribution in [0.4, 0.5) is 25.3 Å². The third kappa shape index (κ3) is 4.42. The van der Waals surface area contributed by atoms with Gasteiger partial charge in [0.1, 0.15) is 35.5 Å². The quantitative estimate of drug-likeness (QED) is 0.444. The molecule has 12 heteroatoms. The predicted octanol–water partition coefficient (Wildman–Crippen LogP) is 4.13. The van der Waals surface area contributed by atoms with Gasteiger partial charge in [0, 0.05) is 60.8 Å². The number of aromatic nitrogens is 2. The smallest absolute Gasteiger partial charge is 0.318 e. The van der Waals surface area contributed by atoms with Gasteiger partial charge < -0.3 is 25.6 Å². The summed E-state index contributed by atoms with van der Waals surface area (Å²) >= 11 is 1.12. The number of piperazine rings is 1. The first-order chi connectivity index (χ1) is 20.8. The molecule has 5 aliphatic heterocycles. The fraction of sp³-hybridized carbons (Fsp3) is 0.581. The highest BCUT2D eigenvalue weighted by atomic mass is 32.1. The van der Waals surface area contributed by atoms with Gasteiger partial charge in [-0.1, -0.05) is 0 Å². The van der Waals surface area contributed by atoms with Crippen molar-refractivity contribution in [3.05, 3.63) is 34.8 Å². The molecule has 5 aliphatic rings. The Morgan fingerprint density at radius 2 is 2.05 bits per heavy atom. The number of rotatable bonds is 5. The number of fused-ring (bicyclic) bond motifs is 5. The third-order valence-electron chi connectivity index (χ3n) is 10.4. The molecule has 2 bridgehead atoms. The highest BCUT2D eigenvalue weighted by molar-refractivity contribution is 7.23. The third-order valence-corrected chi connectivity index (χ3v) is 11.4. The standard InChI is InChI=1S/C31H36F2N8OS/c1-17-9-21-24(15-41(17)25-6-5-23(33)27-26(25)22(11-34)28(35)43-27)37-30(38-29(21)39-13-19-3-4-20(14-39)36-19)42-16-31-7-2-8-40(31)12-18(32)10-31/h5-6,17-20,36H,2-4,7-10,12-16,35H2,1H3/t17?,18-,19-,20+,31+/m1/s1. The highest BCUT2D eigenvalue weighted by Crippen LogP contribution is 2.44. The Balaban J connectivity index is 1.18. The summed E-state index contributed by atoms with van der Waals surface area (Å²) < 4.78 is 36.1. The number of nitriles is 1. The lowest BCUT2D eigenvalue weighted by atomic mass is 9.95. The molecule has 4 fully saturated rings. The van der Waals surface area contributed by atoms with Gasteiger partial charge in [-0.25, -0.2) is 8.78 Å². The number of hydrogen-bond donors (Lipinski definition) is 2. The number of nitrogens with two attached hydrogens (primary N) is 1. The van der Waals surface area contributed by atoms with Gasteiger partial charge in [-0.2, -0.15) is 15.2 Å². The molecule has 9 nitrogen and oxygen atoms in total. The van der Waals surface area contributed by atoms with Gasteiger partial charge in [-0.05, 0) is 57.7 Å². The van der Waals surface area contributed by atoms with Gasteiger partial charge in [0.2, 0.25) is 0 Å². The Hall–Kier alpha value is -3.27. The second kappa shape index (κ2) is 10.1. The number of thiophene rings is 1. The summed E-state index contributed by atoms with van der Waals surface area (Å²) in [5.74, 6) is 0.556. The minimum atomic E-state index is -0.827. The molecule has 226 valence electrons. The molecule has 2 aromatic heterocycles. The number of alkyl halides is 1. The van der Waals surface area contributed by atoms with Crippen molar-refractivity contribution in [1.82, 2.24) is 20.2 Å². The number of ether oxygens (including phenoxy) is 1. The predicted molar refractivity (Wildman–Crippen MR) is 163 cm³/mol.